The lowest BCUT2D eigenvalue weighted by molar-refractivity contribution is -0.145. The normalized spacial score (nSPS) is 17.8. The topological polar surface area (TPSA) is 122 Å². The highest BCUT2D eigenvalue weighted by Crippen LogP contribution is 2.13. The van der Waals surface area contributed by atoms with Crippen LogP contribution >= 0.6 is 0 Å². The van der Waals surface area contributed by atoms with Crippen molar-refractivity contribution in [1.29, 1.82) is 0 Å². The summed E-state index contributed by atoms with van der Waals surface area (Å²) in [5, 5.41) is 11.0. The second-order valence-corrected chi connectivity index (χ2v) is 4.46. The van der Waals surface area contributed by atoms with Crippen molar-refractivity contribution in [3.8, 4) is 0 Å². The molecule has 1 aliphatic heterocycles. The molecule has 0 aliphatic carbocycles. The summed E-state index contributed by atoms with van der Waals surface area (Å²) in [6.07, 6.45) is 1.01. The van der Waals surface area contributed by atoms with E-state index < -0.39 is 17.9 Å². The average Bonchev–Trinajstić information content (AvgIpc) is 2.36. The van der Waals surface area contributed by atoms with E-state index in [-0.39, 0.29) is 18.7 Å². The number of amides is 3. The summed E-state index contributed by atoms with van der Waals surface area (Å²) in [5.74, 6) is -1.59. The van der Waals surface area contributed by atoms with Gasteiger partial charge in [0.15, 0.2) is 0 Å². The number of likely N-dealkylation sites (tertiary alicyclic amines) is 1. The lowest BCUT2D eigenvalue weighted by Gasteiger charge is -2.32. The summed E-state index contributed by atoms with van der Waals surface area (Å²) in [4.78, 5) is 34.5. The molecule has 1 aliphatic rings. The van der Waals surface area contributed by atoms with E-state index in [1.807, 2.05) is 0 Å². The van der Waals surface area contributed by atoms with Gasteiger partial charge in [-0.15, -0.1) is 0 Å². The second kappa shape index (κ2) is 6.93. The molecule has 3 amide bonds. The number of hydrogen-bond acceptors (Lipinski definition) is 4. The molecule has 4 N–H and O–H groups in total. The number of carbonyl (C=O) groups excluding carboxylic acids is 2. The smallest absolute Gasteiger partial charge is 0.329 e. The van der Waals surface area contributed by atoms with Crippen molar-refractivity contribution in [2.45, 2.75) is 31.9 Å². The van der Waals surface area contributed by atoms with Crippen LogP contribution in [-0.4, -0.2) is 59.8 Å². The van der Waals surface area contributed by atoms with Gasteiger partial charge in [-0.3, -0.25) is 4.79 Å². The first-order valence-electron chi connectivity index (χ1n) is 6.08. The van der Waals surface area contributed by atoms with Crippen molar-refractivity contribution in [3.63, 3.8) is 0 Å². The highest BCUT2D eigenvalue weighted by atomic mass is 16.5. The largest absolute Gasteiger partial charge is 0.480 e. The van der Waals surface area contributed by atoms with Crippen LogP contribution in [0.4, 0.5) is 4.79 Å². The van der Waals surface area contributed by atoms with Gasteiger partial charge in [-0.25, -0.2) is 9.59 Å². The molecule has 1 fully saturated rings. The summed E-state index contributed by atoms with van der Waals surface area (Å²) in [6, 6.07) is -1.06. The number of ether oxygens (including phenoxy) is 1. The Kier molecular flexibility index (Phi) is 5.56. The minimum atomic E-state index is -1.00. The van der Waals surface area contributed by atoms with Gasteiger partial charge in [-0.1, -0.05) is 0 Å². The Morgan fingerprint density at radius 3 is 2.47 bits per heavy atom. The maximum Gasteiger partial charge on any atom is 0.329 e. The minimum absolute atomic E-state index is 0.145. The van der Waals surface area contributed by atoms with Crippen LogP contribution in [0, 0.1) is 0 Å². The van der Waals surface area contributed by atoms with Crippen LogP contribution in [0.15, 0.2) is 0 Å². The summed E-state index contributed by atoms with van der Waals surface area (Å²) < 4.78 is 5.16. The van der Waals surface area contributed by atoms with Gasteiger partial charge >= 0.3 is 12.0 Å². The summed E-state index contributed by atoms with van der Waals surface area (Å²) in [6.45, 7) is 2.11. The van der Waals surface area contributed by atoms with Crippen LogP contribution in [0.25, 0.3) is 0 Å². The minimum Gasteiger partial charge on any atom is -0.480 e. The molecule has 0 saturated carbocycles. The number of nitrogens with zero attached hydrogens (tertiary/aromatic N) is 1. The maximum absolute atomic E-state index is 11.8. The molecule has 0 aromatic carbocycles. The van der Waals surface area contributed by atoms with Crippen molar-refractivity contribution in [1.82, 2.24) is 10.2 Å². The number of nitrogens with one attached hydrogen (secondary N) is 1. The standard InChI is InChI=1S/C11H19N3O5/c1-7(10(12)17)13-11(18)14-4-2-8(3-5-14)19-6-9(15)16/h7-8H,2-6H2,1H3,(H2,12,17)(H,13,18)(H,15,16). The molecule has 0 aromatic heterocycles. The highest BCUT2D eigenvalue weighted by Gasteiger charge is 2.25. The van der Waals surface area contributed by atoms with Crippen LogP contribution in [0.1, 0.15) is 19.8 Å². The van der Waals surface area contributed by atoms with Crippen LogP contribution < -0.4 is 11.1 Å². The number of aliphatic carboxylic acids is 1. The van der Waals surface area contributed by atoms with E-state index in [4.69, 9.17) is 15.6 Å². The Labute approximate surface area is 110 Å². The van der Waals surface area contributed by atoms with Gasteiger partial charge in [-0.2, -0.15) is 0 Å². The first kappa shape index (κ1) is 15.2. The number of urea groups is 1. The zero-order chi connectivity index (χ0) is 14.4. The fourth-order valence-corrected chi connectivity index (χ4v) is 1.76. The van der Waals surface area contributed by atoms with Crippen molar-refractivity contribution in [3.05, 3.63) is 0 Å². The Morgan fingerprint density at radius 2 is 2.00 bits per heavy atom. The van der Waals surface area contributed by atoms with E-state index in [9.17, 15) is 14.4 Å². The molecule has 1 rings (SSSR count). The Hall–Kier alpha value is -1.83. The predicted molar refractivity (Wildman–Crippen MR) is 65.4 cm³/mol. The SMILES string of the molecule is CC(NC(=O)N1CCC(OCC(=O)O)CC1)C(N)=O. The zero-order valence-corrected chi connectivity index (χ0v) is 10.8. The molecular weight excluding hydrogens is 254 g/mol. The fraction of sp³-hybridized carbons (Fsp3) is 0.727. The van der Waals surface area contributed by atoms with E-state index >= 15 is 0 Å². The monoisotopic (exact) mass is 273 g/mol. The zero-order valence-electron chi connectivity index (χ0n) is 10.8. The number of carboxylic acids is 1. The number of primary amides is 1. The van der Waals surface area contributed by atoms with Crippen LogP contribution in [0.3, 0.4) is 0 Å². The van der Waals surface area contributed by atoms with Gasteiger partial charge in [0.1, 0.15) is 12.6 Å². The molecule has 1 unspecified atom stereocenters. The second-order valence-electron chi connectivity index (χ2n) is 4.46. The first-order valence-corrected chi connectivity index (χ1v) is 6.08. The van der Waals surface area contributed by atoms with Gasteiger partial charge in [-0.05, 0) is 19.8 Å². The molecule has 0 spiro atoms. The molecule has 8 nitrogen and oxygen atoms in total. The van der Waals surface area contributed by atoms with E-state index in [1.165, 1.54) is 6.92 Å². The quantitative estimate of drug-likeness (QED) is 0.601. The fourth-order valence-electron chi connectivity index (χ4n) is 1.76. The number of nitrogens with two attached hydrogens (primary N) is 1. The molecule has 0 aromatic rings. The number of piperidine rings is 1. The van der Waals surface area contributed by atoms with E-state index in [2.05, 4.69) is 5.32 Å². The third-order valence-corrected chi connectivity index (χ3v) is 2.94. The predicted octanol–water partition coefficient (Wildman–Crippen LogP) is -0.865. The van der Waals surface area contributed by atoms with Crippen LogP contribution in [0.5, 0.6) is 0 Å². The highest BCUT2D eigenvalue weighted by molar-refractivity contribution is 5.85. The third kappa shape index (κ3) is 5.12. The van der Waals surface area contributed by atoms with Crippen molar-refractivity contribution in [2.75, 3.05) is 19.7 Å². The van der Waals surface area contributed by atoms with Crippen molar-refractivity contribution >= 4 is 17.9 Å². The summed E-state index contributed by atoms with van der Waals surface area (Å²) in [7, 11) is 0. The number of carboxylic acid groups (broad SMARTS) is 1. The van der Waals surface area contributed by atoms with Crippen LogP contribution in [0.2, 0.25) is 0 Å². The lowest BCUT2D eigenvalue weighted by atomic mass is 10.1. The maximum atomic E-state index is 11.8. The van der Waals surface area contributed by atoms with Crippen LogP contribution in [-0.2, 0) is 14.3 Å². The number of carbonyl (C=O) groups is 3. The first-order chi connectivity index (χ1) is 8.90. The third-order valence-electron chi connectivity index (χ3n) is 2.94. The molecule has 0 bridgehead atoms. The summed E-state index contributed by atoms with van der Waals surface area (Å²) in [5.41, 5.74) is 5.06. The van der Waals surface area contributed by atoms with E-state index in [1.54, 1.807) is 4.90 Å². The number of rotatable bonds is 5. The molecule has 1 saturated heterocycles. The Bertz CT molecular complexity index is 352. The molecule has 1 heterocycles. The van der Waals surface area contributed by atoms with Crippen molar-refractivity contribution in [2.24, 2.45) is 5.73 Å². The molecular formula is C11H19N3O5. The molecule has 108 valence electrons. The Balaban J connectivity index is 2.31. The van der Waals surface area contributed by atoms with Crippen molar-refractivity contribution < 1.29 is 24.2 Å². The molecule has 1 atom stereocenters. The van der Waals surface area contributed by atoms with E-state index in [0.717, 1.165) is 0 Å². The average molecular weight is 273 g/mol. The molecule has 8 heteroatoms. The molecule has 0 radical (unpaired) electrons. The summed E-state index contributed by atoms with van der Waals surface area (Å²) >= 11 is 0. The lowest BCUT2D eigenvalue weighted by Crippen LogP contribution is -2.51. The van der Waals surface area contributed by atoms with Gasteiger partial charge < -0.3 is 25.8 Å². The van der Waals surface area contributed by atoms with E-state index in [0.29, 0.717) is 25.9 Å². The molecule has 19 heavy (non-hydrogen) atoms. The van der Waals surface area contributed by atoms with Gasteiger partial charge in [0.2, 0.25) is 5.91 Å². The van der Waals surface area contributed by atoms with Gasteiger partial charge in [0, 0.05) is 13.1 Å². The van der Waals surface area contributed by atoms with Gasteiger partial charge in [0.05, 0.1) is 6.10 Å². The Morgan fingerprint density at radius 1 is 1.42 bits per heavy atom. The number of hydrogen-bond donors (Lipinski definition) is 3. The van der Waals surface area contributed by atoms with Gasteiger partial charge in [0.25, 0.3) is 0 Å².